The number of piperidine rings is 2. The summed E-state index contributed by atoms with van der Waals surface area (Å²) in [6, 6.07) is 7.84. The molecule has 1 aliphatic carbocycles. The Labute approximate surface area is 306 Å². The maximum atomic E-state index is 13.6. The van der Waals surface area contributed by atoms with Crippen molar-refractivity contribution in [3.63, 3.8) is 0 Å². The summed E-state index contributed by atoms with van der Waals surface area (Å²) in [6.07, 6.45) is 3.57. The number of nitrogens with zero attached hydrogens (tertiary/aromatic N) is 5. The maximum absolute atomic E-state index is 13.6. The number of alkyl halides is 3. The molecule has 2 aliphatic heterocycles. The van der Waals surface area contributed by atoms with Crippen LogP contribution in [0.15, 0.2) is 36.4 Å². The normalized spacial score (nSPS) is 19.3. The molecule has 53 heavy (non-hydrogen) atoms. The zero-order valence-corrected chi connectivity index (χ0v) is 30.3. The molecule has 1 spiro atoms. The van der Waals surface area contributed by atoms with Gasteiger partial charge in [-0.3, -0.25) is 19.8 Å². The van der Waals surface area contributed by atoms with Crippen LogP contribution in [0.25, 0.3) is 10.9 Å². The largest absolute Gasteiger partial charge is 0.465 e. The maximum Gasteiger partial charge on any atom is 0.416 e. The molecule has 286 valence electrons. The van der Waals surface area contributed by atoms with Gasteiger partial charge in [0.25, 0.3) is 5.69 Å². The van der Waals surface area contributed by atoms with E-state index in [1.165, 1.54) is 4.90 Å². The summed E-state index contributed by atoms with van der Waals surface area (Å²) >= 11 is 0. The van der Waals surface area contributed by atoms with Crippen molar-refractivity contribution in [3.05, 3.63) is 69.0 Å². The number of carboxylic acid groups (broad SMARTS) is 1. The molecule has 2 aromatic carbocycles. The van der Waals surface area contributed by atoms with Crippen LogP contribution in [0.5, 0.6) is 0 Å². The Morgan fingerprint density at radius 2 is 1.72 bits per heavy atom. The summed E-state index contributed by atoms with van der Waals surface area (Å²) in [5.41, 5.74) is 0.441. The van der Waals surface area contributed by atoms with Crippen LogP contribution in [0, 0.1) is 28.4 Å². The number of halogens is 3. The minimum Gasteiger partial charge on any atom is -0.465 e. The number of nitrogens with one attached hydrogen (secondary N) is 2. The molecule has 12 nitrogen and oxygen atoms in total. The number of nitro benzene ring substituents is 1. The van der Waals surface area contributed by atoms with Crippen LogP contribution >= 0.6 is 0 Å². The molecule has 0 unspecified atom stereocenters. The number of hydrogen-bond acceptors (Lipinski definition) is 8. The first-order chi connectivity index (χ1) is 25.2. The second kappa shape index (κ2) is 15.8. The van der Waals surface area contributed by atoms with E-state index in [0.29, 0.717) is 60.7 Å². The zero-order chi connectivity index (χ0) is 37.9. The average molecular weight is 740 g/mol. The SMILES string of the molecule is Cc1nc(N[C@H](C)c2cc([N+](=O)[O-])cc(C(F)(F)F)c2)c2cc(C3CCN(CC(=O)NCCC4CCC5(CC4)CCN(C(=O)O)CC5)CC3)ccc2n1. The van der Waals surface area contributed by atoms with Gasteiger partial charge in [0.2, 0.25) is 5.91 Å². The van der Waals surface area contributed by atoms with Crippen LogP contribution in [0.2, 0.25) is 0 Å². The number of non-ortho nitro benzene ring substituents is 1. The molecule has 1 atom stereocenters. The van der Waals surface area contributed by atoms with E-state index in [1.54, 1.807) is 13.8 Å². The van der Waals surface area contributed by atoms with Gasteiger partial charge >= 0.3 is 12.3 Å². The number of carbonyl (C=O) groups is 2. The van der Waals surface area contributed by atoms with Gasteiger partial charge in [-0.2, -0.15) is 13.2 Å². The van der Waals surface area contributed by atoms with Gasteiger partial charge in [0, 0.05) is 37.2 Å². The molecule has 1 saturated carbocycles. The van der Waals surface area contributed by atoms with Crippen molar-refractivity contribution in [2.45, 2.75) is 89.8 Å². The summed E-state index contributed by atoms with van der Waals surface area (Å²) in [7, 11) is 0. The van der Waals surface area contributed by atoms with Crippen molar-refractivity contribution < 1.29 is 32.8 Å². The highest BCUT2D eigenvalue weighted by molar-refractivity contribution is 5.90. The van der Waals surface area contributed by atoms with Gasteiger partial charge < -0.3 is 20.6 Å². The fourth-order valence-electron chi connectivity index (χ4n) is 8.42. The van der Waals surface area contributed by atoms with E-state index in [0.717, 1.165) is 88.6 Å². The van der Waals surface area contributed by atoms with Crippen molar-refractivity contribution in [2.24, 2.45) is 11.3 Å². The molecule has 3 fully saturated rings. The molecule has 6 rings (SSSR count). The number of anilines is 1. The number of aryl methyl sites for hydroxylation is 1. The van der Waals surface area contributed by atoms with Gasteiger partial charge in [0.15, 0.2) is 0 Å². The number of nitro groups is 1. The van der Waals surface area contributed by atoms with Crippen LogP contribution in [-0.2, 0) is 11.0 Å². The summed E-state index contributed by atoms with van der Waals surface area (Å²) in [5.74, 6) is 1.77. The van der Waals surface area contributed by atoms with Gasteiger partial charge in [-0.05, 0) is 131 Å². The summed E-state index contributed by atoms with van der Waals surface area (Å²) in [4.78, 5) is 47.5. The number of rotatable bonds is 10. The van der Waals surface area contributed by atoms with Crippen LogP contribution in [0.3, 0.4) is 0 Å². The minimum absolute atomic E-state index is 0.0333. The van der Waals surface area contributed by atoms with E-state index in [1.807, 2.05) is 18.2 Å². The van der Waals surface area contributed by atoms with E-state index in [2.05, 4.69) is 25.5 Å². The second-order valence-electron chi connectivity index (χ2n) is 15.2. The molecule has 0 bridgehead atoms. The average Bonchev–Trinajstić information content (AvgIpc) is 3.12. The molecule has 1 aromatic heterocycles. The first-order valence-electron chi connectivity index (χ1n) is 18.6. The monoisotopic (exact) mass is 739 g/mol. The number of hydrogen-bond donors (Lipinski definition) is 3. The Hall–Kier alpha value is -4.53. The van der Waals surface area contributed by atoms with E-state index >= 15 is 0 Å². The Bertz CT molecular complexity index is 1810. The van der Waals surface area contributed by atoms with E-state index in [4.69, 9.17) is 0 Å². The lowest BCUT2D eigenvalue weighted by Gasteiger charge is -2.45. The van der Waals surface area contributed by atoms with Crippen LogP contribution < -0.4 is 10.6 Å². The summed E-state index contributed by atoms with van der Waals surface area (Å²) < 4.78 is 40.7. The standard InChI is InChI=1S/C38H48F3N7O5/c1-24(29-19-30(38(39,40)41)22-31(20-29)48(52)53)43-35-32-21-28(3-4-33(32)44-25(2)45-35)27-8-15-46(16-9-27)23-34(49)42-14-7-26-5-10-37(11-6-26)12-17-47(18-13-37)36(50)51/h3-4,19-22,24,26-27H,5-18,23H2,1-2H3,(H,42,49)(H,50,51)(H,43,44,45)/t24-/m1/s1. The Balaban J connectivity index is 0.996. The number of benzene rings is 2. The Kier molecular flexibility index (Phi) is 11.4. The van der Waals surface area contributed by atoms with Gasteiger partial charge in [-0.15, -0.1) is 0 Å². The second-order valence-corrected chi connectivity index (χ2v) is 15.2. The molecule has 3 aliphatic rings. The quantitative estimate of drug-likeness (QED) is 0.140. The predicted molar refractivity (Wildman–Crippen MR) is 194 cm³/mol. The van der Waals surface area contributed by atoms with Gasteiger partial charge in [-0.25, -0.2) is 14.8 Å². The molecule has 2 amide bonds. The molecular weight excluding hydrogens is 691 g/mol. The fourth-order valence-corrected chi connectivity index (χ4v) is 8.42. The number of aromatic nitrogens is 2. The predicted octanol–water partition coefficient (Wildman–Crippen LogP) is 7.67. The summed E-state index contributed by atoms with van der Waals surface area (Å²) in [5, 5.41) is 27.7. The lowest BCUT2D eigenvalue weighted by Crippen LogP contribution is -2.44. The number of carbonyl (C=O) groups excluding carboxylic acids is 1. The zero-order valence-electron chi connectivity index (χ0n) is 30.3. The molecular formula is C38H48F3N7O5. The first-order valence-corrected chi connectivity index (χ1v) is 18.6. The minimum atomic E-state index is -4.74. The first kappa shape index (κ1) is 38.2. The lowest BCUT2D eigenvalue weighted by atomic mass is 9.65. The molecule has 0 radical (unpaired) electrons. The number of likely N-dealkylation sites (tertiary alicyclic amines) is 2. The fraction of sp³-hybridized carbons (Fsp3) is 0.579. The van der Waals surface area contributed by atoms with Crippen molar-refractivity contribution >= 4 is 34.4 Å². The third-order valence-corrected chi connectivity index (χ3v) is 11.7. The molecule has 3 aromatic rings. The van der Waals surface area contributed by atoms with Crippen LogP contribution in [0.4, 0.5) is 29.5 Å². The van der Waals surface area contributed by atoms with E-state index in [-0.39, 0.29) is 22.8 Å². The van der Waals surface area contributed by atoms with Crippen molar-refractivity contribution in [1.29, 1.82) is 0 Å². The van der Waals surface area contributed by atoms with Crippen molar-refractivity contribution in [2.75, 3.05) is 44.6 Å². The Morgan fingerprint density at radius 1 is 1.02 bits per heavy atom. The van der Waals surface area contributed by atoms with Crippen molar-refractivity contribution in [3.8, 4) is 0 Å². The molecule has 2 saturated heterocycles. The third kappa shape index (κ3) is 9.35. The molecule has 3 N–H and O–H groups in total. The van der Waals surface area contributed by atoms with E-state index < -0.39 is 34.5 Å². The Morgan fingerprint density at radius 3 is 2.36 bits per heavy atom. The van der Waals surface area contributed by atoms with E-state index in [9.17, 15) is 38.0 Å². The molecule has 15 heteroatoms. The smallest absolute Gasteiger partial charge is 0.416 e. The summed E-state index contributed by atoms with van der Waals surface area (Å²) in [6.45, 7) is 7.18. The third-order valence-electron chi connectivity index (χ3n) is 11.7. The highest BCUT2D eigenvalue weighted by atomic mass is 19.4. The van der Waals surface area contributed by atoms with Crippen LogP contribution in [0.1, 0.15) is 99.2 Å². The highest BCUT2D eigenvalue weighted by Crippen LogP contribution is 2.47. The van der Waals surface area contributed by atoms with Gasteiger partial charge in [0.1, 0.15) is 11.6 Å². The highest BCUT2D eigenvalue weighted by Gasteiger charge is 2.39. The lowest BCUT2D eigenvalue weighted by molar-refractivity contribution is -0.385. The van der Waals surface area contributed by atoms with Gasteiger partial charge in [-0.1, -0.05) is 6.07 Å². The number of amides is 2. The van der Waals surface area contributed by atoms with Crippen LogP contribution in [-0.4, -0.2) is 81.1 Å². The van der Waals surface area contributed by atoms with Gasteiger partial charge in [0.05, 0.1) is 28.6 Å². The topological polar surface area (TPSA) is 154 Å². The number of fused-ring (bicyclic) bond motifs is 1. The van der Waals surface area contributed by atoms with Crippen molar-refractivity contribution in [1.82, 2.24) is 25.1 Å². The molecule has 3 heterocycles.